The lowest BCUT2D eigenvalue weighted by Gasteiger charge is -2.09. The van der Waals surface area contributed by atoms with Crippen molar-refractivity contribution in [3.63, 3.8) is 0 Å². The number of anilines is 3. The number of rotatable bonds is 6. The van der Waals surface area contributed by atoms with Gasteiger partial charge in [-0.15, -0.1) is 5.10 Å². The second-order valence-electron chi connectivity index (χ2n) is 5.71. The van der Waals surface area contributed by atoms with Gasteiger partial charge in [0.15, 0.2) is 5.82 Å². The Labute approximate surface area is 151 Å². The molecule has 0 fully saturated rings. The highest BCUT2D eigenvalue weighted by Gasteiger charge is 2.07. The predicted octanol–water partition coefficient (Wildman–Crippen LogP) is 3.32. The Morgan fingerprint density at radius 1 is 1.15 bits per heavy atom. The molecule has 0 aliphatic rings. The van der Waals surface area contributed by atoms with Crippen LogP contribution in [0.1, 0.15) is 21.5 Å². The first kappa shape index (κ1) is 17.3. The summed E-state index contributed by atoms with van der Waals surface area (Å²) in [4.78, 5) is 16.0. The molecule has 1 heterocycles. The zero-order valence-corrected chi connectivity index (χ0v) is 14.6. The number of aryl methyl sites for hydroxylation is 1. The van der Waals surface area contributed by atoms with Crippen molar-refractivity contribution in [2.24, 2.45) is 0 Å². The van der Waals surface area contributed by atoms with E-state index in [9.17, 15) is 4.79 Å². The number of ether oxygens (including phenoxy) is 1. The van der Waals surface area contributed by atoms with Crippen molar-refractivity contribution in [1.29, 1.82) is 0 Å². The summed E-state index contributed by atoms with van der Waals surface area (Å²) in [5.41, 5.74) is 3.50. The second kappa shape index (κ2) is 8.06. The molecule has 0 atom stereocenters. The molecule has 26 heavy (non-hydrogen) atoms. The lowest BCUT2D eigenvalue weighted by molar-refractivity contribution is 0.0601. The fourth-order valence-electron chi connectivity index (χ4n) is 2.43. The minimum absolute atomic E-state index is 0.394. The molecule has 3 rings (SSSR count). The molecule has 0 aliphatic carbocycles. The molecule has 0 unspecified atom stereocenters. The molecule has 0 amide bonds. The van der Waals surface area contributed by atoms with Crippen LogP contribution in [0.5, 0.6) is 0 Å². The molecule has 0 saturated carbocycles. The average Bonchev–Trinajstić information content (AvgIpc) is 2.66. The number of esters is 1. The highest BCUT2D eigenvalue weighted by atomic mass is 16.5. The Morgan fingerprint density at radius 2 is 2.00 bits per heavy atom. The summed E-state index contributed by atoms with van der Waals surface area (Å²) in [5, 5.41) is 14.2. The highest BCUT2D eigenvalue weighted by molar-refractivity contribution is 5.90. The number of nitrogens with one attached hydrogen (secondary N) is 2. The van der Waals surface area contributed by atoms with Gasteiger partial charge in [0.05, 0.1) is 18.9 Å². The molecule has 3 aromatic rings. The smallest absolute Gasteiger partial charge is 0.337 e. The van der Waals surface area contributed by atoms with Crippen LogP contribution in [0.2, 0.25) is 0 Å². The third kappa shape index (κ3) is 4.54. The largest absolute Gasteiger partial charge is 0.465 e. The van der Waals surface area contributed by atoms with Crippen LogP contribution in [-0.4, -0.2) is 28.3 Å². The van der Waals surface area contributed by atoms with Gasteiger partial charge in [-0.3, -0.25) is 0 Å². The summed E-state index contributed by atoms with van der Waals surface area (Å²) in [5.74, 6) is 0.546. The second-order valence-corrected chi connectivity index (χ2v) is 5.71. The average molecular weight is 349 g/mol. The van der Waals surface area contributed by atoms with Crippen molar-refractivity contribution in [3.05, 3.63) is 71.4 Å². The van der Waals surface area contributed by atoms with Crippen LogP contribution in [0.4, 0.5) is 17.5 Å². The first-order chi connectivity index (χ1) is 12.6. The topological polar surface area (TPSA) is 89.0 Å². The Bertz CT molecular complexity index is 914. The van der Waals surface area contributed by atoms with E-state index in [-0.39, 0.29) is 0 Å². The molecule has 7 nitrogen and oxygen atoms in total. The van der Waals surface area contributed by atoms with E-state index in [1.54, 1.807) is 18.2 Å². The zero-order valence-electron chi connectivity index (χ0n) is 14.6. The van der Waals surface area contributed by atoms with Gasteiger partial charge in [0.1, 0.15) is 0 Å². The molecule has 132 valence electrons. The number of hydrogen-bond donors (Lipinski definition) is 2. The van der Waals surface area contributed by atoms with Gasteiger partial charge in [0, 0.05) is 12.2 Å². The Morgan fingerprint density at radius 3 is 2.81 bits per heavy atom. The quantitative estimate of drug-likeness (QED) is 0.660. The number of carbonyl (C=O) groups is 1. The van der Waals surface area contributed by atoms with Crippen molar-refractivity contribution in [1.82, 2.24) is 15.2 Å². The van der Waals surface area contributed by atoms with Gasteiger partial charge in [-0.05, 0) is 30.7 Å². The molecule has 2 aromatic carbocycles. The van der Waals surface area contributed by atoms with Crippen LogP contribution in [0.25, 0.3) is 0 Å². The SMILES string of the molecule is COC(=O)c1cccc(Nc2cnnc(NCc3cccc(C)c3)n2)c1. The van der Waals surface area contributed by atoms with Gasteiger partial charge in [-0.1, -0.05) is 35.9 Å². The number of benzene rings is 2. The first-order valence-corrected chi connectivity index (χ1v) is 8.08. The van der Waals surface area contributed by atoms with Gasteiger partial charge in [-0.2, -0.15) is 10.1 Å². The summed E-state index contributed by atoms with van der Waals surface area (Å²) >= 11 is 0. The maximum atomic E-state index is 11.6. The molecule has 0 radical (unpaired) electrons. The lowest BCUT2D eigenvalue weighted by Crippen LogP contribution is -2.07. The number of carbonyl (C=O) groups excluding carboxylic acids is 1. The van der Waals surface area contributed by atoms with Crippen molar-refractivity contribution in [3.8, 4) is 0 Å². The lowest BCUT2D eigenvalue weighted by atomic mass is 10.1. The van der Waals surface area contributed by atoms with E-state index < -0.39 is 5.97 Å². The van der Waals surface area contributed by atoms with Gasteiger partial charge in [0.25, 0.3) is 0 Å². The number of aromatic nitrogens is 3. The number of nitrogens with zero attached hydrogens (tertiary/aromatic N) is 3. The van der Waals surface area contributed by atoms with Crippen molar-refractivity contribution >= 4 is 23.4 Å². The van der Waals surface area contributed by atoms with Gasteiger partial charge < -0.3 is 15.4 Å². The summed E-state index contributed by atoms with van der Waals surface area (Å²) in [6, 6.07) is 15.2. The molecular formula is C19H19N5O2. The molecule has 0 saturated heterocycles. The van der Waals surface area contributed by atoms with Crippen molar-refractivity contribution in [2.75, 3.05) is 17.7 Å². The predicted molar refractivity (Wildman–Crippen MR) is 99.4 cm³/mol. The Balaban J connectivity index is 1.68. The molecule has 7 heteroatoms. The molecule has 0 bridgehead atoms. The van der Waals surface area contributed by atoms with Crippen LogP contribution in [-0.2, 0) is 11.3 Å². The maximum Gasteiger partial charge on any atom is 0.337 e. The third-order valence-corrected chi connectivity index (χ3v) is 3.65. The van der Waals surface area contributed by atoms with Crippen molar-refractivity contribution in [2.45, 2.75) is 13.5 Å². The maximum absolute atomic E-state index is 11.6. The Kier molecular flexibility index (Phi) is 5.38. The Hall–Kier alpha value is -3.48. The molecule has 1 aromatic heterocycles. The van der Waals surface area contributed by atoms with Gasteiger partial charge in [0.2, 0.25) is 5.95 Å². The van der Waals surface area contributed by atoms with E-state index in [0.717, 1.165) is 5.56 Å². The third-order valence-electron chi connectivity index (χ3n) is 3.65. The number of methoxy groups -OCH3 is 1. The van der Waals surface area contributed by atoms with E-state index >= 15 is 0 Å². The molecule has 0 aliphatic heterocycles. The van der Waals surface area contributed by atoms with Crippen LogP contribution in [0.3, 0.4) is 0 Å². The van der Waals surface area contributed by atoms with Crippen LogP contribution >= 0.6 is 0 Å². The first-order valence-electron chi connectivity index (χ1n) is 8.08. The fraction of sp³-hybridized carbons (Fsp3) is 0.158. The molecular weight excluding hydrogens is 330 g/mol. The summed E-state index contributed by atoms with van der Waals surface area (Å²) in [7, 11) is 1.35. The van der Waals surface area contributed by atoms with E-state index in [4.69, 9.17) is 4.74 Å². The highest BCUT2D eigenvalue weighted by Crippen LogP contribution is 2.17. The fourth-order valence-corrected chi connectivity index (χ4v) is 2.43. The number of hydrogen-bond acceptors (Lipinski definition) is 7. The van der Waals surface area contributed by atoms with E-state index in [0.29, 0.717) is 29.6 Å². The summed E-state index contributed by atoms with van der Waals surface area (Å²) in [6.07, 6.45) is 1.52. The van der Waals surface area contributed by atoms with E-state index in [1.165, 1.54) is 18.9 Å². The molecule has 0 spiro atoms. The van der Waals surface area contributed by atoms with Gasteiger partial charge in [-0.25, -0.2) is 4.79 Å². The van der Waals surface area contributed by atoms with Gasteiger partial charge >= 0.3 is 5.97 Å². The zero-order chi connectivity index (χ0) is 18.4. The van der Waals surface area contributed by atoms with Crippen molar-refractivity contribution < 1.29 is 9.53 Å². The van der Waals surface area contributed by atoms with Crippen LogP contribution < -0.4 is 10.6 Å². The van der Waals surface area contributed by atoms with E-state index in [2.05, 4.69) is 44.9 Å². The summed E-state index contributed by atoms with van der Waals surface area (Å²) < 4.78 is 4.73. The monoisotopic (exact) mass is 349 g/mol. The standard InChI is InChI=1S/C19H19N5O2/c1-13-5-3-6-14(9-13)11-20-19-23-17(12-21-24-19)22-16-8-4-7-15(10-16)18(25)26-2/h3-10,12H,11H2,1-2H3,(H2,20,22,23,24). The van der Waals surface area contributed by atoms with E-state index in [1.807, 2.05) is 18.2 Å². The minimum Gasteiger partial charge on any atom is -0.465 e. The van der Waals surface area contributed by atoms with Crippen LogP contribution in [0, 0.1) is 6.92 Å². The minimum atomic E-state index is -0.394. The molecule has 2 N–H and O–H groups in total. The normalized spacial score (nSPS) is 10.2. The summed E-state index contributed by atoms with van der Waals surface area (Å²) in [6.45, 7) is 2.65. The van der Waals surface area contributed by atoms with Crippen LogP contribution in [0.15, 0.2) is 54.7 Å².